The highest BCUT2D eigenvalue weighted by Gasteiger charge is 2.16. The number of benzene rings is 1. The average Bonchev–Trinajstić information content (AvgIpc) is 3.18. The number of rotatable bonds is 7. The molecule has 1 aromatic carbocycles. The molecule has 0 aliphatic carbocycles. The van der Waals surface area contributed by atoms with Crippen molar-refractivity contribution in [3.8, 4) is 0 Å². The van der Waals surface area contributed by atoms with E-state index in [-0.39, 0.29) is 11.9 Å². The number of hydrogen-bond acceptors (Lipinski definition) is 5. The molecule has 26 heavy (non-hydrogen) atoms. The van der Waals surface area contributed by atoms with Crippen molar-refractivity contribution < 1.29 is 9.21 Å². The van der Waals surface area contributed by atoms with Crippen LogP contribution in [0.5, 0.6) is 0 Å². The van der Waals surface area contributed by atoms with E-state index in [9.17, 15) is 4.79 Å². The first-order valence-electron chi connectivity index (χ1n) is 8.57. The summed E-state index contributed by atoms with van der Waals surface area (Å²) in [4.78, 5) is 23.3. The van der Waals surface area contributed by atoms with Gasteiger partial charge < -0.3 is 14.6 Å². The van der Waals surface area contributed by atoms with Crippen molar-refractivity contribution >= 4 is 11.9 Å². The molecule has 0 unspecified atom stereocenters. The van der Waals surface area contributed by atoms with Gasteiger partial charge in [0, 0.05) is 18.8 Å². The van der Waals surface area contributed by atoms with E-state index in [4.69, 9.17) is 4.42 Å². The van der Waals surface area contributed by atoms with E-state index in [1.54, 1.807) is 24.6 Å². The maximum absolute atomic E-state index is 12.4. The van der Waals surface area contributed by atoms with Crippen molar-refractivity contribution in [1.82, 2.24) is 15.3 Å². The first-order chi connectivity index (χ1) is 12.6. The highest BCUT2D eigenvalue weighted by atomic mass is 16.3. The molecule has 3 rings (SSSR count). The van der Waals surface area contributed by atoms with Crippen molar-refractivity contribution in [1.29, 1.82) is 0 Å². The molecule has 0 bridgehead atoms. The standard InChI is InChI=1S/C20H22N4O2/c1-15(2)24(14-16-7-4-3-5-8-16)20-21-11-10-18(23-20)19(25)22-13-17-9-6-12-26-17/h3-12,15H,13-14H2,1-2H3,(H,22,25). The largest absolute Gasteiger partial charge is 0.467 e. The molecule has 1 amide bonds. The molecule has 134 valence electrons. The van der Waals surface area contributed by atoms with E-state index in [1.807, 2.05) is 24.3 Å². The summed E-state index contributed by atoms with van der Waals surface area (Å²) >= 11 is 0. The fourth-order valence-corrected chi connectivity index (χ4v) is 2.55. The van der Waals surface area contributed by atoms with Gasteiger partial charge in [-0.3, -0.25) is 4.79 Å². The third kappa shape index (κ3) is 4.47. The number of nitrogens with one attached hydrogen (secondary N) is 1. The Kier molecular flexibility index (Phi) is 5.63. The summed E-state index contributed by atoms with van der Waals surface area (Å²) in [7, 11) is 0. The Labute approximate surface area is 152 Å². The third-order valence-electron chi connectivity index (χ3n) is 3.95. The Morgan fingerprint density at radius 1 is 1.15 bits per heavy atom. The van der Waals surface area contributed by atoms with Crippen molar-refractivity contribution in [3.63, 3.8) is 0 Å². The molecule has 0 saturated carbocycles. The Bertz CT molecular complexity index is 832. The van der Waals surface area contributed by atoms with Crippen LogP contribution in [0.1, 0.15) is 35.7 Å². The fraction of sp³-hybridized carbons (Fsp3) is 0.250. The molecule has 2 aromatic heterocycles. The van der Waals surface area contributed by atoms with E-state index in [0.717, 1.165) is 5.56 Å². The van der Waals surface area contributed by atoms with Crippen LogP contribution >= 0.6 is 0 Å². The zero-order valence-corrected chi connectivity index (χ0v) is 14.9. The summed E-state index contributed by atoms with van der Waals surface area (Å²) in [6, 6.07) is 15.5. The van der Waals surface area contributed by atoms with E-state index in [1.165, 1.54) is 0 Å². The lowest BCUT2D eigenvalue weighted by atomic mass is 10.2. The molecule has 0 aliphatic rings. The predicted octanol–water partition coefficient (Wildman–Crippen LogP) is 3.41. The Morgan fingerprint density at radius 3 is 2.65 bits per heavy atom. The lowest BCUT2D eigenvalue weighted by Crippen LogP contribution is -2.32. The smallest absolute Gasteiger partial charge is 0.270 e. The Hall–Kier alpha value is -3.15. The van der Waals surface area contributed by atoms with Crippen LogP contribution in [0.15, 0.2) is 65.4 Å². The molecule has 0 aliphatic heterocycles. The monoisotopic (exact) mass is 350 g/mol. The van der Waals surface area contributed by atoms with E-state index in [2.05, 4.69) is 46.2 Å². The fourth-order valence-electron chi connectivity index (χ4n) is 2.55. The molecule has 2 heterocycles. The van der Waals surface area contributed by atoms with Gasteiger partial charge in [-0.1, -0.05) is 30.3 Å². The third-order valence-corrected chi connectivity index (χ3v) is 3.95. The highest BCUT2D eigenvalue weighted by Crippen LogP contribution is 2.16. The maximum Gasteiger partial charge on any atom is 0.270 e. The van der Waals surface area contributed by atoms with E-state index in [0.29, 0.717) is 30.5 Å². The summed E-state index contributed by atoms with van der Waals surface area (Å²) in [5.41, 5.74) is 1.50. The van der Waals surface area contributed by atoms with Crippen LogP contribution in [-0.4, -0.2) is 21.9 Å². The van der Waals surface area contributed by atoms with Crippen LogP contribution in [0.4, 0.5) is 5.95 Å². The zero-order chi connectivity index (χ0) is 18.4. The summed E-state index contributed by atoms with van der Waals surface area (Å²) in [6.07, 6.45) is 3.19. The first-order valence-corrected chi connectivity index (χ1v) is 8.57. The molecule has 6 nitrogen and oxygen atoms in total. The van der Waals surface area contributed by atoms with Gasteiger partial charge in [0.25, 0.3) is 5.91 Å². The number of carbonyl (C=O) groups excluding carboxylic acids is 1. The summed E-state index contributed by atoms with van der Waals surface area (Å²) in [5, 5.41) is 2.80. The molecule has 0 spiro atoms. The zero-order valence-electron chi connectivity index (χ0n) is 14.9. The molecule has 1 N–H and O–H groups in total. The number of hydrogen-bond donors (Lipinski definition) is 1. The van der Waals surface area contributed by atoms with Gasteiger partial charge in [-0.25, -0.2) is 9.97 Å². The quantitative estimate of drug-likeness (QED) is 0.707. The van der Waals surface area contributed by atoms with Crippen LogP contribution < -0.4 is 10.2 Å². The number of amides is 1. The molecule has 0 radical (unpaired) electrons. The van der Waals surface area contributed by atoms with E-state index < -0.39 is 0 Å². The minimum atomic E-state index is -0.256. The van der Waals surface area contributed by atoms with Crippen molar-refractivity contribution in [2.24, 2.45) is 0 Å². The van der Waals surface area contributed by atoms with Gasteiger partial charge in [0.15, 0.2) is 0 Å². The number of furan rings is 1. The maximum atomic E-state index is 12.4. The van der Waals surface area contributed by atoms with Gasteiger partial charge in [0.05, 0.1) is 12.8 Å². The molecule has 6 heteroatoms. The van der Waals surface area contributed by atoms with Gasteiger partial charge in [-0.05, 0) is 37.6 Å². The van der Waals surface area contributed by atoms with Gasteiger partial charge in [-0.2, -0.15) is 0 Å². The highest BCUT2D eigenvalue weighted by molar-refractivity contribution is 5.92. The first kappa shape index (κ1) is 17.7. The van der Waals surface area contributed by atoms with Gasteiger partial charge in [0.2, 0.25) is 5.95 Å². The van der Waals surface area contributed by atoms with Crippen molar-refractivity contribution in [2.45, 2.75) is 33.0 Å². The van der Waals surface area contributed by atoms with Crippen LogP contribution in [0.3, 0.4) is 0 Å². The molecular formula is C20H22N4O2. The second-order valence-corrected chi connectivity index (χ2v) is 6.21. The predicted molar refractivity (Wildman–Crippen MR) is 99.7 cm³/mol. The lowest BCUT2D eigenvalue weighted by molar-refractivity contribution is 0.0943. The number of anilines is 1. The van der Waals surface area contributed by atoms with Crippen molar-refractivity contribution in [3.05, 3.63) is 78.0 Å². The Morgan fingerprint density at radius 2 is 1.96 bits per heavy atom. The lowest BCUT2D eigenvalue weighted by Gasteiger charge is -2.27. The Balaban J connectivity index is 1.74. The van der Waals surface area contributed by atoms with Crippen LogP contribution in [0, 0.1) is 0 Å². The summed E-state index contributed by atoms with van der Waals surface area (Å²) in [5.74, 6) is 0.975. The topological polar surface area (TPSA) is 71.3 Å². The minimum Gasteiger partial charge on any atom is -0.467 e. The molecule has 3 aromatic rings. The molecular weight excluding hydrogens is 328 g/mol. The molecule has 0 atom stereocenters. The average molecular weight is 350 g/mol. The SMILES string of the molecule is CC(C)N(Cc1ccccc1)c1nccc(C(=O)NCc2ccco2)n1. The van der Waals surface area contributed by atoms with Gasteiger partial charge in [-0.15, -0.1) is 0 Å². The van der Waals surface area contributed by atoms with Gasteiger partial charge >= 0.3 is 0 Å². The number of nitrogens with zero attached hydrogens (tertiary/aromatic N) is 3. The number of carbonyl (C=O) groups is 1. The minimum absolute atomic E-state index is 0.191. The summed E-state index contributed by atoms with van der Waals surface area (Å²) < 4.78 is 5.22. The van der Waals surface area contributed by atoms with Crippen LogP contribution in [0.2, 0.25) is 0 Å². The van der Waals surface area contributed by atoms with Gasteiger partial charge in [0.1, 0.15) is 11.5 Å². The molecule has 0 saturated heterocycles. The summed E-state index contributed by atoms with van der Waals surface area (Å²) in [6.45, 7) is 5.16. The number of aromatic nitrogens is 2. The van der Waals surface area contributed by atoms with E-state index >= 15 is 0 Å². The molecule has 0 fully saturated rings. The second-order valence-electron chi connectivity index (χ2n) is 6.21. The normalized spacial score (nSPS) is 10.7. The second kappa shape index (κ2) is 8.29. The van der Waals surface area contributed by atoms with Crippen LogP contribution in [0.25, 0.3) is 0 Å². The van der Waals surface area contributed by atoms with Crippen molar-refractivity contribution in [2.75, 3.05) is 4.90 Å². The van der Waals surface area contributed by atoms with Crippen LogP contribution in [-0.2, 0) is 13.1 Å².